The van der Waals surface area contributed by atoms with Crippen molar-refractivity contribution in [3.63, 3.8) is 0 Å². The Labute approximate surface area is 80.2 Å². The minimum Gasteiger partial charge on any atom is -0.385 e. The van der Waals surface area contributed by atoms with Gasteiger partial charge in [-0.05, 0) is 19.1 Å². The molecule has 1 atom stereocenters. The van der Waals surface area contributed by atoms with Gasteiger partial charge in [0, 0.05) is 0 Å². The zero-order valence-corrected chi connectivity index (χ0v) is 7.69. The minimum atomic E-state index is -0.757. The second kappa shape index (κ2) is 3.23. The first kappa shape index (κ1) is 8.90. The number of nitrogens with one attached hydrogen (secondary N) is 1. The molecular formula is C10H10N2O2. The molecule has 0 spiro atoms. The molecule has 0 amide bonds. The lowest BCUT2D eigenvalue weighted by molar-refractivity contribution is 0.189. The Balaban J connectivity index is 2.79. The smallest absolute Gasteiger partial charge is 0.258 e. The van der Waals surface area contributed by atoms with Crippen LogP contribution in [-0.4, -0.2) is 15.1 Å². The topological polar surface area (TPSA) is 66.0 Å². The normalized spacial score (nSPS) is 13.0. The van der Waals surface area contributed by atoms with E-state index in [9.17, 15) is 9.90 Å². The van der Waals surface area contributed by atoms with Gasteiger partial charge in [-0.2, -0.15) is 0 Å². The van der Waals surface area contributed by atoms with E-state index in [1.54, 1.807) is 31.2 Å². The summed E-state index contributed by atoms with van der Waals surface area (Å²) >= 11 is 0. The van der Waals surface area contributed by atoms with Crippen LogP contribution < -0.4 is 5.56 Å². The van der Waals surface area contributed by atoms with Gasteiger partial charge in [0.05, 0.1) is 10.9 Å². The van der Waals surface area contributed by atoms with Gasteiger partial charge in [0.25, 0.3) is 5.56 Å². The van der Waals surface area contributed by atoms with Gasteiger partial charge in [0.2, 0.25) is 0 Å². The largest absolute Gasteiger partial charge is 0.385 e. The lowest BCUT2D eigenvalue weighted by Gasteiger charge is -2.04. The molecule has 72 valence electrons. The highest BCUT2D eigenvalue weighted by Crippen LogP contribution is 2.09. The third-order valence-corrected chi connectivity index (χ3v) is 2.03. The Morgan fingerprint density at radius 1 is 1.43 bits per heavy atom. The Morgan fingerprint density at radius 2 is 2.14 bits per heavy atom. The van der Waals surface area contributed by atoms with Gasteiger partial charge < -0.3 is 10.1 Å². The molecule has 0 aliphatic heterocycles. The second-order valence-electron chi connectivity index (χ2n) is 3.14. The van der Waals surface area contributed by atoms with E-state index in [-0.39, 0.29) is 5.56 Å². The van der Waals surface area contributed by atoms with Crippen LogP contribution in [-0.2, 0) is 0 Å². The predicted octanol–water partition coefficient (Wildman–Crippen LogP) is 0.976. The van der Waals surface area contributed by atoms with Crippen LogP contribution in [0.2, 0.25) is 0 Å². The number of hydrogen-bond acceptors (Lipinski definition) is 3. The van der Waals surface area contributed by atoms with Crippen LogP contribution in [0.25, 0.3) is 10.9 Å². The summed E-state index contributed by atoms with van der Waals surface area (Å²) in [5.74, 6) is 0.300. The SMILES string of the molecule is CC(O)c1nc2ccccc2c(=O)[nH]1. The molecule has 2 rings (SSSR count). The van der Waals surface area contributed by atoms with Crippen molar-refractivity contribution in [1.29, 1.82) is 0 Å². The molecule has 1 aromatic heterocycles. The number of aromatic amines is 1. The molecule has 0 saturated carbocycles. The molecule has 1 unspecified atom stereocenters. The molecule has 4 nitrogen and oxygen atoms in total. The van der Waals surface area contributed by atoms with E-state index >= 15 is 0 Å². The van der Waals surface area contributed by atoms with Crippen LogP contribution >= 0.6 is 0 Å². The molecule has 0 aliphatic carbocycles. The van der Waals surface area contributed by atoms with E-state index < -0.39 is 6.10 Å². The van der Waals surface area contributed by atoms with Crippen LogP contribution in [0.15, 0.2) is 29.1 Å². The predicted molar refractivity (Wildman–Crippen MR) is 53.0 cm³/mol. The van der Waals surface area contributed by atoms with Crippen molar-refractivity contribution in [3.8, 4) is 0 Å². The van der Waals surface area contributed by atoms with Crippen LogP contribution in [0, 0.1) is 0 Å². The Kier molecular flexibility index (Phi) is 2.05. The van der Waals surface area contributed by atoms with Gasteiger partial charge in [0.1, 0.15) is 11.9 Å². The van der Waals surface area contributed by atoms with Gasteiger partial charge in [-0.25, -0.2) is 4.98 Å². The maximum atomic E-state index is 11.5. The highest BCUT2D eigenvalue weighted by atomic mass is 16.3. The van der Waals surface area contributed by atoms with Crippen molar-refractivity contribution in [2.45, 2.75) is 13.0 Å². The van der Waals surface area contributed by atoms with Crippen LogP contribution in [0.1, 0.15) is 18.9 Å². The van der Waals surface area contributed by atoms with E-state index in [1.165, 1.54) is 0 Å². The summed E-state index contributed by atoms with van der Waals surface area (Å²) in [6, 6.07) is 7.03. The summed E-state index contributed by atoms with van der Waals surface area (Å²) in [7, 11) is 0. The van der Waals surface area contributed by atoms with E-state index in [4.69, 9.17) is 0 Å². The molecule has 14 heavy (non-hydrogen) atoms. The highest BCUT2D eigenvalue weighted by Gasteiger charge is 2.06. The number of benzene rings is 1. The summed E-state index contributed by atoms with van der Waals surface area (Å²) in [6.07, 6.45) is -0.757. The molecule has 4 heteroatoms. The number of H-pyrrole nitrogens is 1. The van der Waals surface area contributed by atoms with Crippen LogP contribution in [0.5, 0.6) is 0 Å². The lowest BCUT2D eigenvalue weighted by atomic mass is 10.2. The zero-order chi connectivity index (χ0) is 10.1. The number of fused-ring (bicyclic) bond motifs is 1. The van der Waals surface area contributed by atoms with Crippen molar-refractivity contribution >= 4 is 10.9 Å². The molecule has 1 heterocycles. The fourth-order valence-electron chi connectivity index (χ4n) is 1.30. The summed E-state index contributed by atoms with van der Waals surface area (Å²) in [4.78, 5) is 18.2. The summed E-state index contributed by atoms with van der Waals surface area (Å²) < 4.78 is 0. The first-order valence-electron chi connectivity index (χ1n) is 4.35. The molecule has 2 N–H and O–H groups in total. The van der Waals surface area contributed by atoms with Crippen LogP contribution in [0.3, 0.4) is 0 Å². The average molecular weight is 190 g/mol. The quantitative estimate of drug-likeness (QED) is 0.704. The highest BCUT2D eigenvalue weighted by molar-refractivity contribution is 5.77. The monoisotopic (exact) mass is 190 g/mol. The number of aromatic nitrogens is 2. The number of aliphatic hydroxyl groups is 1. The fraction of sp³-hybridized carbons (Fsp3) is 0.200. The Hall–Kier alpha value is -1.68. The standard InChI is InChI=1S/C10H10N2O2/c1-6(13)9-11-8-5-3-2-4-7(8)10(14)12-9/h2-6,13H,1H3,(H,11,12,14). The maximum absolute atomic E-state index is 11.5. The van der Waals surface area contributed by atoms with Crippen LogP contribution in [0.4, 0.5) is 0 Å². The van der Waals surface area contributed by atoms with Crippen molar-refractivity contribution in [2.75, 3.05) is 0 Å². The summed E-state index contributed by atoms with van der Waals surface area (Å²) in [5.41, 5.74) is 0.388. The number of hydrogen-bond donors (Lipinski definition) is 2. The third-order valence-electron chi connectivity index (χ3n) is 2.03. The fourth-order valence-corrected chi connectivity index (χ4v) is 1.30. The second-order valence-corrected chi connectivity index (χ2v) is 3.14. The van der Waals surface area contributed by atoms with Gasteiger partial charge in [-0.1, -0.05) is 12.1 Å². The van der Waals surface area contributed by atoms with Gasteiger partial charge in [-0.3, -0.25) is 4.79 Å². The molecule has 2 aromatic rings. The summed E-state index contributed by atoms with van der Waals surface area (Å²) in [5, 5.41) is 9.81. The number of nitrogens with zero attached hydrogens (tertiary/aromatic N) is 1. The number of rotatable bonds is 1. The van der Waals surface area contributed by atoms with Gasteiger partial charge in [0.15, 0.2) is 0 Å². The lowest BCUT2D eigenvalue weighted by Crippen LogP contribution is -2.13. The molecular weight excluding hydrogens is 180 g/mol. The van der Waals surface area contributed by atoms with Gasteiger partial charge >= 0.3 is 0 Å². The maximum Gasteiger partial charge on any atom is 0.258 e. The first-order valence-corrected chi connectivity index (χ1v) is 4.35. The molecule has 0 fully saturated rings. The van der Waals surface area contributed by atoms with Gasteiger partial charge in [-0.15, -0.1) is 0 Å². The van der Waals surface area contributed by atoms with E-state index in [0.717, 1.165) is 0 Å². The van der Waals surface area contributed by atoms with Crippen molar-refractivity contribution < 1.29 is 5.11 Å². The Bertz CT molecular complexity index is 517. The number of para-hydroxylation sites is 1. The first-order chi connectivity index (χ1) is 6.68. The van der Waals surface area contributed by atoms with Crippen molar-refractivity contribution in [2.24, 2.45) is 0 Å². The number of aliphatic hydroxyl groups excluding tert-OH is 1. The van der Waals surface area contributed by atoms with Crippen molar-refractivity contribution in [1.82, 2.24) is 9.97 Å². The molecule has 0 saturated heterocycles. The molecule has 0 bridgehead atoms. The van der Waals surface area contributed by atoms with Crippen molar-refractivity contribution in [3.05, 3.63) is 40.4 Å². The summed E-state index contributed by atoms with van der Waals surface area (Å²) in [6.45, 7) is 1.56. The minimum absolute atomic E-state index is 0.216. The Morgan fingerprint density at radius 3 is 2.86 bits per heavy atom. The van der Waals surface area contributed by atoms with E-state index in [1.807, 2.05) is 0 Å². The third kappa shape index (κ3) is 1.40. The molecule has 1 aromatic carbocycles. The van der Waals surface area contributed by atoms with E-state index in [0.29, 0.717) is 16.7 Å². The molecule has 0 radical (unpaired) electrons. The zero-order valence-electron chi connectivity index (χ0n) is 7.69. The molecule has 0 aliphatic rings. The van der Waals surface area contributed by atoms with E-state index in [2.05, 4.69) is 9.97 Å². The average Bonchev–Trinajstić information content (AvgIpc) is 2.17.